The third-order valence-electron chi connectivity index (χ3n) is 4.61. The van der Waals surface area contributed by atoms with Crippen molar-refractivity contribution < 1.29 is 14.6 Å². The molecule has 0 unspecified atom stereocenters. The molecule has 0 radical (unpaired) electrons. The van der Waals surface area contributed by atoms with E-state index in [0.717, 1.165) is 33.5 Å². The second-order valence-corrected chi connectivity index (χ2v) is 6.83. The van der Waals surface area contributed by atoms with Gasteiger partial charge in [-0.3, -0.25) is 0 Å². The number of aromatic nitrogens is 2. The molecule has 0 saturated carbocycles. The second kappa shape index (κ2) is 7.37. The van der Waals surface area contributed by atoms with Gasteiger partial charge in [-0.2, -0.15) is 0 Å². The molecule has 0 aliphatic carbocycles. The van der Waals surface area contributed by atoms with Gasteiger partial charge >= 0.3 is 5.97 Å². The van der Waals surface area contributed by atoms with E-state index in [2.05, 4.69) is 9.97 Å². The number of methoxy groups -OCH3 is 1. The number of H-pyrrole nitrogens is 1. The Balaban J connectivity index is 1.88. The van der Waals surface area contributed by atoms with Crippen LogP contribution in [-0.4, -0.2) is 28.2 Å². The van der Waals surface area contributed by atoms with Gasteiger partial charge in [0, 0.05) is 34.1 Å². The van der Waals surface area contributed by atoms with E-state index in [1.54, 1.807) is 13.2 Å². The van der Waals surface area contributed by atoms with Crippen molar-refractivity contribution in [2.45, 2.75) is 6.42 Å². The maximum absolute atomic E-state index is 11.3. The summed E-state index contributed by atoms with van der Waals surface area (Å²) >= 11 is 6.20. The van der Waals surface area contributed by atoms with E-state index in [9.17, 15) is 9.90 Å². The van der Waals surface area contributed by atoms with Crippen molar-refractivity contribution >= 4 is 28.5 Å². The molecule has 2 aromatic carbocycles. The molecule has 0 aliphatic rings. The van der Waals surface area contributed by atoms with Crippen LogP contribution in [0.3, 0.4) is 0 Å². The number of carbonyl (C=O) groups is 1. The minimum absolute atomic E-state index is 0.0308. The second-order valence-electron chi connectivity index (χ2n) is 6.40. The number of nitrogens with one attached hydrogen (secondary N) is 1. The lowest BCUT2D eigenvalue weighted by atomic mass is 10.0. The van der Waals surface area contributed by atoms with Crippen LogP contribution < -0.4 is 4.74 Å². The molecule has 4 aromatic rings. The number of benzene rings is 2. The van der Waals surface area contributed by atoms with Crippen LogP contribution in [0.4, 0.5) is 0 Å². The molecule has 0 bridgehead atoms. The van der Waals surface area contributed by atoms with E-state index >= 15 is 0 Å². The number of hydrogen-bond acceptors (Lipinski definition) is 3. The van der Waals surface area contributed by atoms with Gasteiger partial charge in [0.1, 0.15) is 11.4 Å². The van der Waals surface area contributed by atoms with E-state index < -0.39 is 5.97 Å². The lowest BCUT2D eigenvalue weighted by Gasteiger charge is -2.07. The Morgan fingerprint density at radius 1 is 1.14 bits per heavy atom. The third-order valence-corrected chi connectivity index (χ3v) is 4.85. The Bertz CT molecular complexity index is 1180. The number of fused-ring (bicyclic) bond motifs is 1. The Kier molecular flexibility index (Phi) is 4.75. The molecule has 2 aromatic heterocycles. The highest BCUT2D eigenvalue weighted by Gasteiger charge is 2.16. The number of aromatic carboxylic acids is 1. The molecule has 0 fully saturated rings. The number of carboxylic acids is 1. The van der Waals surface area contributed by atoms with Gasteiger partial charge in [0.2, 0.25) is 0 Å². The summed E-state index contributed by atoms with van der Waals surface area (Å²) in [7, 11) is 1.63. The SMILES string of the molecule is COc1ccc2c(Cc3cccc(C(=O)O)n3)c(-c3cccc(Cl)c3)[nH]c2c1. The summed E-state index contributed by atoms with van der Waals surface area (Å²) in [4.78, 5) is 19.0. The fourth-order valence-corrected chi connectivity index (χ4v) is 3.50. The van der Waals surface area contributed by atoms with Crippen molar-refractivity contribution in [1.82, 2.24) is 9.97 Å². The predicted octanol–water partition coefficient (Wildman–Crippen LogP) is 5.18. The molecule has 0 spiro atoms. The molecule has 140 valence electrons. The first kappa shape index (κ1) is 18.1. The Morgan fingerprint density at radius 3 is 2.71 bits per heavy atom. The van der Waals surface area contributed by atoms with Crippen LogP contribution in [0, 0.1) is 0 Å². The summed E-state index contributed by atoms with van der Waals surface area (Å²) in [6.45, 7) is 0. The molecule has 2 heterocycles. The minimum atomic E-state index is -1.04. The van der Waals surface area contributed by atoms with Crippen molar-refractivity contribution in [3.8, 4) is 17.0 Å². The van der Waals surface area contributed by atoms with Gasteiger partial charge in [-0.1, -0.05) is 29.8 Å². The van der Waals surface area contributed by atoms with Gasteiger partial charge < -0.3 is 14.8 Å². The molecule has 2 N–H and O–H groups in total. The first-order valence-electron chi connectivity index (χ1n) is 8.69. The fraction of sp³-hybridized carbons (Fsp3) is 0.0909. The zero-order valence-corrected chi connectivity index (χ0v) is 15.8. The van der Waals surface area contributed by atoms with E-state index in [1.165, 1.54) is 6.07 Å². The summed E-state index contributed by atoms with van der Waals surface area (Å²) in [6.07, 6.45) is 0.481. The molecule has 28 heavy (non-hydrogen) atoms. The Morgan fingerprint density at radius 2 is 1.96 bits per heavy atom. The van der Waals surface area contributed by atoms with Gasteiger partial charge in [-0.05, 0) is 47.5 Å². The summed E-state index contributed by atoms with van der Waals surface area (Å²) in [5.41, 5.74) is 4.54. The number of halogens is 1. The van der Waals surface area contributed by atoms with Crippen molar-refractivity contribution in [3.05, 3.63) is 82.6 Å². The first-order chi connectivity index (χ1) is 13.5. The largest absolute Gasteiger partial charge is 0.497 e. The molecule has 0 atom stereocenters. The van der Waals surface area contributed by atoms with Crippen LogP contribution in [0.15, 0.2) is 60.7 Å². The Hall–Kier alpha value is -3.31. The van der Waals surface area contributed by atoms with E-state index in [-0.39, 0.29) is 5.69 Å². The standard InChI is InChI=1S/C22H17ClN2O3/c1-28-16-8-9-17-18(11-15-6-3-7-19(24-15)22(26)27)21(25-20(17)12-16)13-4-2-5-14(23)10-13/h2-10,12,25H,11H2,1H3,(H,26,27). The zero-order chi connectivity index (χ0) is 19.7. The lowest BCUT2D eigenvalue weighted by molar-refractivity contribution is 0.0690. The zero-order valence-electron chi connectivity index (χ0n) is 15.1. The quantitative estimate of drug-likeness (QED) is 0.490. The van der Waals surface area contributed by atoms with Crippen LogP contribution >= 0.6 is 11.6 Å². The highest BCUT2D eigenvalue weighted by molar-refractivity contribution is 6.30. The number of pyridine rings is 1. The number of aromatic amines is 1. The van der Waals surface area contributed by atoms with Gasteiger partial charge in [-0.15, -0.1) is 0 Å². The maximum atomic E-state index is 11.3. The Labute approximate surface area is 166 Å². The molecule has 4 rings (SSSR count). The summed E-state index contributed by atoms with van der Waals surface area (Å²) in [5, 5.41) is 10.9. The normalized spacial score (nSPS) is 10.9. The summed E-state index contributed by atoms with van der Waals surface area (Å²) in [5.74, 6) is -0.287. The monoisotopic (exact) mass is 392 g/mol. The number of carboxylic acid groups (broad SMARTS) is 1. The smallest absolute Gasteiger partial charge is 0.354 e. The fourth-order valence-electron chi connectivity index (χ4n) is 3.31. The van der Waals surface area contributed by atoms with Crippen molar-refractivity contribution in [2.24, 2.45) is 0 Å². The van der Waals surface area contributed by atoms with Gasteiger partial charge in [0.15, 0.2) is 0 Å². The topological polar surface area (TPSA) is 75.2 Å². The van der Waals surface area contributed by atoms with Gasteiger partial charge in [-0.25, -0.2) is 9.78 Å². The first-order valence-corrected chi connectivity index (χ1v) is 9.06. The molecule has 5 nitrogen and oxygen atoms in total. The minimum Gasteiger partial charge on any atom is -0.497 e. The average molecular weight is 393 g/mol. The van der Waals surface area contributed by atoms with Crippen LogP contribution in [-0.2, 0) is 6.42 Å². The average Bonchev–Trinajstić information content (AvgIpc) is 3.05. The molecule has 0 amide bonds. The van der Waals surface area contributed by atoms with Crippen LogP contribution in [0.5, 0.6) is 5.75 Å². The summed E-state index contributed by atoms with van der Waals surface area (Å²) < 4.78 is 5.34. The van der Waals surface area contributed by atoms with Crippen LogP contribution in [0.25, 0.3) is 22.2 Å². The molecule has 0 aliphatic heterocycles. The van der Waals surface area contributed by atoms with Crippen molar-refractivity contribution in [3.63, 3.8) is 0 Å². The van der Waals surface area contributed by atoms with E-state index in [1.807, 2.05) is 48.5 Å². The van der Waals surface area contributed by atoms with Crippen molar-refractivity contribution in [2.75, 3.05) is 7.11 Å². The number of hydrogen-bond donors (Lipinski definition) is 2. The molecule has 6 heteroatoms. The number of ether oxygens (including phenoxy) is 1. The van der Waals surface area contributed by atoms with Crippen LogP contribution in [0.2, 0.25) is 5.02 Å². The third kappa shape index (κ3) is 3.44. The van der Waals surface area contributed by atoms with Crippen LogP contribution in [0.1, 0.15) is 21.7 Å². The highest BCUT2D eigenvalue weighted by Crippen LogP contribution is 2.34. The van der Waals surface area contributed by atoms with Crippen molar-refractivity contribution in [1.29, 1.82) is 0 Å². The number of nitrogens with zero attached hydrogens (tertiary/aromatic N) is 1. The summed E-state index contributed by atoms with van der Waals surface area (Å²) in [6, 6.07) is 18.5. The molecule has 0 saturated heterocycles. The molecular formula is C22H17ClN2O3. The maximum Gasteiger partial charge on any atom is 0.354 e. The van der Waals surface area contributed by atoms with Gasteiger partial charge in [0.25, 0.3) is 0 Å². The van der Waals surface area contributed by atoms with E-state index in [0.29, 0.717) is 17.1 Å². The molecular weight excluding hydrogens is 376 g/mol. The van der Waals surface area contributed by atoms with E-state index in [4.69, 9.17) is 16.3 Å². The highest BCUT2D eigenvalue weighted by atomic mass is 35.5. The lowest BCUT2D eigenvalue weighted by Crippen LogP contribution is -2.03. The predicted molar refractivity (Wildman–Crippen MR) is 109 cm³/mol. The number of rotatable bonds is 5. The van der Waals surface area contributed by atoms with Gasteiger partial charge in [0.05, 0.1) is 12.8 Å².